The van der Waals surface area contributed by atoms with Crippen LogP contribution in [0, 0.1) is 12.8 Å². The molecule has 1 aliphatic rings. The third-order valence-corrected chi connectivity index (χ3v) is 3.89. The molecule has 1 aromatic heterocycles. The first kappa shape index (κ1) is 14.3. The molecule has 0 radical (unpaired) electrons. The summed E-state index contributed by atoms with van der Waals surface area (Å²) in [7, 11) is 0. The molecule has 1 fully saturated rings. The molecule has 0 aliphatic heterocycles. The molecule has 0 saturated heterocycles. The first-order valence-corrected chi connectivity index (χ1v) is 7.05. The van der Waals surface area contributed by atoms with Crippen LogP contribution >= 0.6 is 11.6 Å². The van der Waals surface area contributed by atoms with E-state index < -0.39 is 5.97 Å². The molecule has 0 spiro atoms. The van der Waals surface area contributed by atoms with Gasteiger partial charge in [-0.05, 0) is 32.6 Å². The van der Waals surface area contributed by atoms with Crippen LogP contribution in [-0.4, -0.2) is 38.8 Å². The van der Waals surface area contributed by atoms with Gasteiger partial charge >= 0.3 is 5.97 Å². The van der Waals surface area contributed by atoms with E-state index in [1.165, 1.54) is 12.8 Å². The molecule has 0 atom stereocenters. The average molecular weight is 286 g/mol. The van der Waals surface area contributed by atoms with Crippen LogP contribution in [0.3, 0.4) is 0 Å². The molecule has 19 heavy (non-hydrogen) atoms. The second-order valence-electron chi connectivity index (χ2n) is 5.17. The predicted octanol–water partition coefficient (Wildman–Crippen LogP) is 2.16. The molecule has 1 heterocycles. The van der Waals surface area contributed by atoms with E-state index in [9.17, 15) is 4.79 Å². The highest BCUT2D eigenvalue weighted by atomic mass is 35.5. The lowest BCUT2D eigenvalue weighted by molar-refractivity contribution is -0.138. The molecule has 6 heteroatoms. The zero-order valence-corrected chi connectivity index (χ0v) is 12.2. The van der Waals surface area contributed by atoms with Crippen LogP contribution in [0.5, 0.6) is 0 Å². The molecule has 1 aliphatic carbocycles. The van der Waals surface area contributed by atoms with Crippen molar-refractivity contribution in [1.82, 2.24) is 14.7 Å². The van der Waals surface area contributed by atoms with E-state index >= 15 is 0 Å². The Kier molecular flexibility index (Phi) is 4.47. The molecule has 0 unspecified atom stereocenters. The Hall–Kier alpha value is -1.07. The maximum Gasteiger partial charge on any atom is 0.317 e. The maximum atomic E-state index is 10.9. The zero-order chi connectivity index (χ0) is 14.0. The minimum atomic E-state index is -0.795. The van der Waals surface area contributed by atoms with Gasteiger partial charge in [-0.3, -0.25) is 14.4 Å². The Balaban J connectivity index is 2.12. The van der Waals surface area contributed by atoms with Crippen molar-refractivity contribution in [3.05, 3.63) is 16.4 Å². The number of nitrogens with zero attached hydrogens (tertiary/aromatic N) is 3. The summed E-state index contributed by atoms with van der Waals surface area (Å²) in [4.78, 5) is 12.9. The molecule has 106 valence electrons. The van der Waals surface area contributed by atoms with Gasteiger partial charge in [-0.2, -0.15) is 5.10 Å². The van der Waals surface area contributed by atoms with Gasteiger partial charge in [0, 0.05) is 19.6 Å². The molecular formula is C13H20ClN3O2. The highest BCUT2D eigenvalue weighted by molar-refractivity contribution is 6.31. The van der Waals surface area contributed by atoms with Gasteiger partial charge in [-0.15, -0.1) is 0 Å². The minimum absolute atomic E-state index is 0.0563. The number of carboxylic acids is 1. The number of halogens is 1. The Morgan fingerprint density at radius 2 is 2.26 bits per heavy atom. The highest BCUT2D eigenvalue weighted by Crippen LogP contribution is 2.31. The number of hydrogen-bond donors (Lipinski definition) is 1. The van der Waals surface area contributed by atoms with Gasteiger partial charge in [-0.25, -0.2) is 0 Å². The molecule has 1 saturated carbocycles. The lowest BCUT2D eigenvalue weighted by Crippen LogP contribution is -2.32. The third kappa shape index (κ3) is 3.70. The summed E-state index contributed by atoms with van der Waals surface area (Å²) in [5, 5.41) is 14.0. The largest absolute Gasteiger partial charge is 0.480 e. The monoisotopic (exact) mass is 285 g/mol. The van der Waals surface area contributed by atoms with Crippen LogP contribution in [0.15, 0.2) is 0 Å². The van der Waals surface area contributed by atoms with E-state index in [2.05, 4.69) is 5.10 Å². The summed E-state index contributed by atoms with van der Waals surface area (Å²) in [6.07, 6.45) is 2.41. The maximum absolute atomic E-state index is 10.9. The summed E-state index contributed by atoms with van der Waals surface area (Å²) in [6.45, 7) is 6.07. The predicted molar refractivity (Wildman–Crippen MR) is 73.3 cm³/mol. The van der Waals surface area contributed by atoms with Crippen molar-refractivity contribution in [3.63, 3.8) is 0 Å². The van der Waals surface area contributed by atoms with Gasteiger partial charge in [0.25, 0.3) is 0 Å². The normalized spacial score (nSPS) is 15.2. The van der Waals surface area contributed by atoms with Crippen LogP contribution in [-0.2, 0) is 17.9 Å². The summed E-state index contributed by atoms with van der Waals surface area (Å²) in [6, 6.07) is 0. The van der Waals surface area contributed by atoms with Crippen LogP contribution in [0.4, 0.5) is 0 Å². The minimum Gasteiger partial charge on any atom is -0.480 e. The lowest BCUT2D eigenvalue weighted by Gasteiger charge is -2.20. The van der Waals surface area contributed by atoms with Crippen LogP contribution in [0.2, 0.25) is 5.02 Å². The standard InChI is InChI=1S/C13H20ClN3O2/c1-3-17-11(13(14)9(2)15-17)7-16(8-12(18)19)6-10-4-5-10/h10H,3-8H2,1-2H3,(H,18,19). The smallest absolute Gasteiger partial charge is 0.317 e. The van der Waals surface area contributed by atoms with Gasteiger partial charge in [0.15, 0.2) is 0 Å². The van der Waals surface area contributed by atoms with E-state index in [1.807, 2.05) is 23.4 Å². The summed E-state index contributed by atoms with van der Waals surface area (Å²) >= 11 is 6.27. The second-order valence-corrected chi connectivity index (χ2v) is 5.55. The van der Waals surface area contributed by atoms with Crippen molar-refractivity contribution < 1.29 is 9.90 Å². The third-order valence-electron chi connectivity index (χ3n) is 3.40. The number of aryl methyl sites for hydroxylation is 2. The molecule has 2 rings (SSSR count). The fraction of sp³-hybridized carbons (Fsp3) is 0.692. The van der Waals surface area contributed by atoms with E-state index in [1.54, 1.807) is 0 Å². The molecule has 1 N–H and O–H groups in total. The van der Waals surface area contributed by atoms with Crippen molar-refractivity contribution in [2.24, 2.45) is 5.92 Å². The Bertz CT molecular complexity index is 469. The first-order chi connectivity index (χ1) is 9.01. The van der Waals surface area contributed by atoms with E-state index in [0.29, 0.717) is 17.5 Å². The van der Waals surface area contributed by atoms with E-state index in [-0.39, 0.29) is 6.54 Å². The van der Waals surface area contributed by atoms with Gasteiger partial charge < -0.3 is 5.11 Å². The van der Waals surface area contributed by atoms with Crippen molar-refractivity contribution >= 4 is 17.6 Å². The van der Waals surface area contributed by atoms with Crippen molar-refractivity contribution in [2.45, 2.75) is 39.8 Å². The zero-order valence-electron chi connectivity index (χ0n) is 11.4. The summed E-state index contributed by atoms with van der Waals surface area (Å²) < 4.78 is 1.86. The number of carboxylic acid groups (broad SMARTS) is 1. The molecule has 0 amide bonds. The quantitative estimate of drug-likeness (QED) is 0.834. The highest BCUT2D eigenvalue weighted by Gasteiger charge is 2.26. The Labute approximate surface area is 118 Å². The van der Waals surface area contributed by atoms with Crippen molar-refractivity contribution in [1.29, 1.82) is 0 Å². The van der Waals surface area contributed by atoms with E-state index in [4.69, 9.17) is 16.7 Å². The Morgan fingerprint density at radius 3 is 2.79 bits per heavy atom. The van der Waals surface area contributed by atoms with Gasteiger partial charge in [0.05, 0.1) is 23.0 Å². The second kappa shape index (κ2) is 5.92. The topological polar surface area (TPSA) is 58.4 Å². The fourth-order valence-corrected chi connectivity index (χ4v) is 2.47. The average Bonchev–Trinajstić information content (AvgIpc) is 3.10. The van der Waals surface area contributed by atoms with Crippen molar-refractivity contribution in [2.75, 3.05) is 13.1 Å². The number of carbonyl (C=O) groups is 1. The number of aliphatic carboxylic acids is 1. The van der Waals surface area contributed by atoms with Crippen LogP contribution in [0.1, 0.15) is 31.2 Å². The van der Waals surface area contributed by atoms with Gasteiger partial charge in [0.2, 0.25) is 0 Å². The Morgan fingerprint density at radius 1 is 1.58 bits per heavy atom. The fourth-order valence-electron chi connectivity index (χ4n) is 2.27. The summed E-state index contributed by atoms with van der Waals surface area (Å²) in [5.74, 6) is -0.145. The van der Waals surface area contributed by atoms with Crippen LogP contribution < -0.4 is 0 Å². The molecule has 0 aromatic carbocycles. The van der Waals surface area contributed by atoms with Crippen molar-refractivity contribution in [3.8, 4) is 0 Å². The molecule has 5 nitrogen and oxygen atoms in total. The molecule has 0 bridgehead atoms. The number of aromatic nitrogens is 2. The van der Waals surface area contributed by atoms with Gasteiger partial charge in [0.1, 0.15) is 0 Å². The van der Waals surface area contributed by atoms with E-state index in [0.717, 1.165) is 24.5 Å². The SMILES string of the molecule is CCn1nc(C)c(Cl)c1CN(CC(=O)O)CC1CC1. The first-order valence-electron chi connectivity index (χ1n) is 6.67. The molecular weight excluding hydrogens is 266 g/mol. The number of rotatable bonds is 7. The summed E-state index contributed by atoms with van der Waals surface area (Å²) in [5.41, 5.74) is 1.73. The molecule has 1 aromatic rings. The van der Waals surface area contributed by atoms with Gasteiger partial charge in [-0.1, -0.05) is 11.6 Å². The lowest BCUT2D eigenvalue weighted by atomic mass is 10.3. The number of hydrogen-bond acceptors (Lipinski definition) is 3. The van der Waals surface area contributed by atoms with Crippen LogP contribution in [0.25, 0.3) is 0 Å².